The highest BCUT2D eigenvalue weighted by molar-refractivity contribution is 7.99. The summed E-state index contributed by atoms with van der Waals surface area (Å²) in [5.74, 6) is 1.14. The van der Waals surface area contributed by atoms with Crippen molar-refractivity contribution in [3.63, 3.8) is 0 Å². The van der Waals surface area contributed by atoms with Gasteiger partial charge in [-0.05, 0) is 25.3 Å². The number of nitrogens with zero attached hydrogens (tertiary/aromatic N) is 5. The Morgan fingerprint density at radius 2 is 2.30 bits per heavy atom. The fourth-order valence-electron chi connectivity index (χ4n) is 4.40. The fraction of sp³-hybridized carbons (Fsp3) is 0.476. The average molecular weight is 423 g/mol. The minimum Gasteiger partial charge on any atom is -0.472 e. The minimum atomic E-state index is -0.145. The van der Waals surface area contributed by atoms with E-state index in [1.165, 1.54) is 0 Å². The van der Waals surface area contributed by atoms with Crippen LogP contribution in [0.25, 0.3) is 0 Å². The van der Waals surface area contributed by atoms with Gasteiger partial charge in [-0.15, -0.1) is 0 Å². The van der Waals surface area contributed by atoms with E-state index in [-0.39, 0.29) is 23.6 Å². The van der Waals surface area contributed by atoms with Gasteiger partial charge in [-0.1, -0.05) is 11.8 Å². The second-order valence-electron chi connectivity index (χ2n) is 7.88. The largest absolute Gasteiger partial charge is 0.472 e. The number of hydrogen-bond donors (Lipinski definition) is 0. The molecule has 2 aliphatic heterocycles. The first-order valence-corrected chi connectivity index (χ1v) is 11.2. The highest BCUT2D eigenvalue weighted by Gasteiger charge is 2.34. The quantitative estimate of drug-likeness (QED) is 0.690. The van der Waals surface area contributed by atoms with Crippen molar-refractivity contribution in [3.8, 4) is 11.9 Å². The first kappa shape index (κ1) is 19.1. The minimum absolute atomic E-state index is 0.0330. The van der Waals surface area contributed by atoms with Crippen molar-refractivity contribution in [3.05, 3.63) is 45.5 Å². The maximum absolute atomic E-state index is 12.9. The van der Waals surface area contributed by atoms with Crippen LogP contribution in [0.15, 0.2) is 28.3 Å². The molecule has 1 aliphatic carbocycles. The van der Waals surface area contributed by atoms with Gasteiger partial charge in [0.25, 0.3) is 5.56 Å². The van der Waals surface area contributed by atoms with Gasteiger partial charge in [-0.2, -0.15) is 5.26 Å². The Kier molecular flexibility index (Phi) is 4.95. The maximum Gasteiger partial charge on any atom is 0.257 e. The predicted molar refractivity (Wildman–Crippen MR) is 109 cm³/mol. The van der Waals surface area contributed by atoms with Crippen molar-refractivity contribution in [2.24, 2.45) is 0 Å². The number of nitriles is 1. The summed E-state index contributed by atoms with van der Waals surface area (Å²) in [4.78, 5) is 36.4. The normalized spacial score (nSPS) is 21.9. The van der Waals surface area contributed by atoms with Crippen molar-refractivity contribution in [1.29, 1.82) is 5.26 Å². The third-order valence-electron chi connectivity index (χ3n) is 5.93. The van der Waals surface area contributed by atoms with E-state index in [2.05, 4.69) is 16.0 Å². The van der Waals surface area contributed by atoms with E-state index < -0.39 is 0 Å². The van der Waals surface area contributed by atoms with Crippen LogP contribution in [0.3, 0.4) is 0 Å². The van der Waals surface area contributed by atoms with Crippen molar-refractivity contribution >= 4 is 17.7 Å². The Morgan fingerprint density at radius 3 is 3.17 bits per heavy atom. The van der Waals surface area contributed by atoms with Crippen LogP contribution in [-0.2, 0) is 17.6 Å². The number of thioether (sulfide) groups is 1. The highest BCUT2D eigenvalue weighted by atomic mass is 32.2. The van der Waals surface area contributed by atoms with E-state index in [0.29, 0.717) is 36.7 Å². The molecule has 8 nitrogen and oxygen atoms in total. The molecule has 30 heavy (non-hydrogen) atoms. The van der Waals surface area contributed by atoms with Gasteiger partial charge < -0.3 is 9.64 Å². The number of amides is 1. The number of carbonyl (C=O) groups is 1. The molecule has 0 saturated carbocycles. The van der Waals surface area contributed by atoms with Gasteiger partial charge >= 0.3 is 0 Å². The molecule has 0 aromatic carbocycles. The van der Waals surface area contributed by atoms with Crippen molar-refractivity contribution in [2.45, 2.75) is 49.4 Å². The SMILES string of the molecule is N#Cc1ccnc(OC2CCN(C(=O)CC3CSc4nc5c(c(=O)n43)CCC5)C2)c1. The van der Waals surface area contributed by atoms with Crippen molar-refractivity contribution < 1.29 is 9.53 Å². The summed E-state index contributed by atoms with van der Waals surface area (Å²) in [7, 11) is 0. The Hall–Kier alpha value is -2.86. The number of ether oxygens (including phenoxy) is 1. The highest BCUT2D eigenvalue weighted by Crippen LogP contribution is 2.34. The zero-order valence-corrected chi connectivity index (χ0v) is 17.2. The summed E-state index contributed by atoms with van der Waals surface area (Å²) in [6, 6.07) is 5.16. The molecule has 4 heterocycles. The van der Waals surface area contributed by atoms with Gasteiger partial charge in [-0.25, -0.2) is 9.97 Å². The molecule has 154 valence electrons. The van der Waals surface area contributed by atoms with Gasteiger partial charge in [0.2, 0.25) is 11.8 Å². The van der Waals surface area contributed by atoms with E-state index >= 15 is 0 Å². The van der Waals surface area contributed by atoms with Crippen LogP contribution in [-0.4, -0.2) is 50.3 Å². The molecule has 9 heteroatoms. The standard InChI is InChI=1S/C21H21N5O3S/c22-10-13-4-6-23-18(8-13)29-15-5-7-25(11-15)19(27)9-14-12-30-21-24-17-3-1-2-16(17)20(28)26(14)21/h4,6,8,14-15H,1-3,5,7,9,11-12H2. The monoisotopic (exact) mass is 423 g/mol. The molecule has 2 aromatic heterocycles. The first-order valence-electron chi connectivity index (χ1n) is 10.2. The smallest absolute Gasteiger partial charge is 0.257 e. The number of carbonyl (C=O) groups excluding carboxylic acids is 1. The molecule has 5 rings (SSSR count). The summed E-state index contributed by atoms with van der Waals surface area (Å²) >= 11 is 1.57. The maximum atomic E-state index is 12.9. The third kappa shape index (κ3) is 3.45. The third-order valence-corrected chi connectivity index (χ3v) is 7.03. The molecule has 1 saturated heterocycles. The van der Waals surface area contributed by atoms with Gasteiger partial charge in [0.1, 0.15) is 6.10 Å². The van der Waals surface area contributed by atoms with Crippen LogP contribution in [0, 0.1) is 11.3 Å². The van der Waals surface area contributed by atoms with Gasteiger partial charge in [0.15, 0.2) is 5.16 Å². The van der Waals surface area contributed by atoms with Crippen LogP contribution in [0.5, 0.6) is 5.88 Å². The Labute approximate surface area is 177 Å². The first-order chi connectivity index (χ1) is 14.6. The second-order valence-corrected chi connectivity index (χ2v) is 8.87. The lowest BCUT2D eigenvalue weighted by Crippen LogP contribution is -2.35. The van der Waals surface area contributed by atoms with Crippen LogP contribution >= 0.6 is 11.8 Å². The summed E-state index contributed by atoms with van der Waals surface area (Å²) in [6.07, 6.45) is 5.07. The molecule has 0 bridgehead atoms. The number of hydrogen-bond acceptors (Lipinski definition) is 7. The van der Waals surface area contributed by atoms with Crippen molar-refractivity contribution in [2.75, 3.05) is 18.8 Å². The fourth-order valence-corrected chi connectivity index (χ4v) is 5.55. The van der Waals surface area contributed by atoms with E-state index in [0.717, 1.165) is 42.1 Å². The molecular formula is C21H21N5O3S. The van der Waals surface area contributed by atoms with E-state index in [1.54, 1.807) is 39.6 Å². The molecule has 0 radical (unpaired) electrons. The van der Waals surface area contributed by atoms with Crippen molar-refractivity contribution in [1.82, 2.24) is 19.4 Å². The molecular weight excluding hydrogens is 402 g/mol. The number of rotatable bonds is 4. The number of likely N-dealkylation sites (tertiary alicyclic amines) is 1. The van der Waals surface area contributed by atoms with E-state index in [1.807, 2.05) is 0 Å². The average Bonchev–Trinajstić information content (AvgIpc) is 3.49. The summed E-state index contributed by atoms with van der Waals surface area (Å²) in [5, 5.41) is 9.75. The van der Waals surface area contributed by atoms with Gasteiger partial charge in [-0.3, -0.25) is 14.2 Å². The van der Waals surface area contributed by atoms with Crippen LogP contribution in [0.2, 0.25) is 0 Å². The number of pyridine rings is 1. The zero-order chi connectivity index (χ0) is 20.7. The lowest BCUT2D eigenvalue weighted by atomic mass is 10.2. The molecule has 1 fully saturated rings. The van der Waals surface area contributed by atoms with Crippen LogP contribution < -0.4 is 10.3 Å². The number of fused-ring (bicyclic) bond motifs is 2. The summed E-state index contributed by atoms with van der Waals surface area (Å²) < 4.78 is 7.61. The topological polar surface area (TPSA) is 101 Å². The van der Waals surface area contributed by atoms with Gasteiger partial charge in [0.05, 0.1) is 29.9 Å². The molecule has 0 spiro atoms. The molecule has 2 aromatic rings. The molecule has 2 atom stereocenters. The second kappa shape index (κ2) is 7.76. The lowest BCUT2D eigenvalue weighted by molar-refractivity contribution is -0.131. The zero-order valence-electron chi connectivity index (χ0n) is 16.4. The number of aryl methyl sites for hydroxylation is 1. The Morgan fingerprint density at radius 1 is 1.40 bits per heavy atom. The van der Waals surface area contributed by atoms with E-state index in [9.17, 15) is 9.59 Å². The molecule has 1 amide bonds. The van der Waals surface area contributed by atoms with Crippen LogP contribution in [0.1, 0.15) is 42.1 Å². The van der Waals surface area contributed by atoms with E-state index in [4.69, 9.17) is 10.00 Å². The molecule has 0 N–H and O–H groups in total. The van der Waals surface area contributed by atoms with Crippen LogP contribution in [0.4, 0.5) is 0 Å². The molecule has 2 unspecified atom stereocenters. The predicted octanol–water partition coefficient (Wildman–Crippen LogP) is 1.72. The number of aromatic nitrogens is 3. The Balaban J connectivity index is 1.24. The summed E-state index contributed by atoms with van der Waals surface area (Å²) in [5.41, 5.74) is 2.31. The summed E-state index contributed by atoms with van der Waals surface area (Å²) in [6.45, 7) is 1.10. The van der Waals surface area contributed by atoms with Gasteiger partial charge in [0, 0.05) is 43.0 Å². The molecule has 3 aliphatic rings. The Bertz CT molecular complexity index is 1110. The lowest BCUT2D eigenvalue weighted by Gasteiger charge is -2.20.